The smallest absolute Gasteiger partial charge is 0.323 e. The Labute approximate surface area is 60.4 Å². The van der Waals surface area contributed by atoms with Crippen LogP contribution in [0.25, 0.3) is 0 Å². The van der Waals surface area contributed by atoms with Crippen molar-refractivity contribution in [1.82, 2.24) is 0 Å². The molecule has 0 saturated carbocycles. The Hall–Kier alpha value is -0.180. The summed E-state index contributed by atoms with van der Waals surface area (Å²) < 4.78 is 27.0. The van der Waals surface area contributed by atoms with Crippen LogP contribution in [0.2, 0.25) is 0 Å². The van der Waals surface area contributed by atoms with Crippen molar-refractivity contribution >= 4 is 0 Å². The molecule has 0 amide bonds. The molecule has 0 fully saturated rings. The fraction of sp³-hybridized carbons (Fsp3) is 1.00. The minimum Gasteiger partial charge on any atom is -0.323 e. The molecular formula is C7H14F2O. The fourth-order valence-electron chi connectivity index (χ4n) is 0.417. The van der Waals surface area contributed by atoms with Crippen LogP contribution >= 0.6 is 0 Å². The molecule has 0 aliphatic rings. The molecule has 0 spiro atoms. The molecule has 0 heterocycles. The summed E-state index contributed by atoms with van der Waals surface area (Å²) in [6, 6.07) is 0. The van der Waals surface area contributed by atoms with Crippen LogP contribution in [0.1, 0.15) is 20.8 Å². The highest BCUT2D eigenvalue weighted by molar-refractivity contribution is 4.54. The minimum atomic E-state index is -2.62. The number of rotatable bonds is 4. The van der Waals surface area contributed by atoms with Crippen molar-refractivity contribution in [1.29, 1.82) is 0 Å². The van der Waals surface area contributed by atoms with Crippen molar-refractivity contribution in [3.63, 3.8) is 0 Å². The second-order valence-electron chi connectivity index (χ2n) is 2.82. The Kier molecular flexibility index (Phi) is 4.52. The van der Waals surface area contributed by atoms with Crippen molar-refractivity contribution in [2.45, 2.75) is 27.4 Å². The first-order valence-corrected chi connectivity index (χ1v) is 3.43. The molecule has 1 atom stereocenters. The van der Waals surface area contributed by atoms with Gasteiger partial charge in [-0.3, -0.25) is 0 Å². The molecule has 0 radical (unpaired) electrons. The van der Waals surface area contributed by atoms with E-state index in [1.807, 2.05) is 20.8 Å². The molecule has 0 aromatic rings. The monoisotopic (exact) mass is 152 g/mol. The van der Waals surface area contributed by atoms with Gasteiger partial charge >= 0.3 is 6.61 Å². The summed E-state index contributed by atoms with van der Waals surface area (Å²) in [5.74, 6) is 0.604. The van der Waals surface area contributed by atoms with E-state index in [0.717, 1.165) is 0 Å². The average Bonchev–Trinajstić information content (AvgIpc) is 1.82. The van der Waals surface area contributed by atoms with Crippen LogP contribution < -0.4 is 0 Å². The van der Waals surface area contributed by atoms with Gasteiger partial charge < -0.3 is 4.74 Å². The van der Waals surface area contributed by atoms with Gasteiger partial charge in [0.05, 0.1) is 6.61 Å². The number of alkyl halides is 2. The molecule has 62 valence electrons. The highest BCUT2D eigenvalue weighted by Crippen LogP contribution is 2.11. The number of hydrogen-bond donors (Lipinski definition) is 0. The molecule has 1 nitrogen and oxygen atoms in total. The summed E-state index contributed by atoms with van der Waals surface area (Å²) in [6.07, 6.45) is 0. The zero-order chi connectivity index (χ0) is 8.15. The molecule has 0 N–H and O–H groups in total. The molecule has 0 saturated heterocycles. The largest absolute Gasteiger partial charge is 0.345 e. The molecule has 0 bridgehead atoms. The van der Waals surface area contributed by atoms with E-state index in [4.69, 9.17) is 0 Å². The van der Waals surface area contributed by atoms with Crippen LogP contribution in [0, 0.1) is 11.8 Å². The van der Waals surface area contributed by atoms with E-state index in [9.17, 15) is 8.78 Å². The van der Waals surface area contributed by atoms with Gasteiger partial charge in [0.25, 0.3) is 0 Å². The Morgan fingerprint density at radius 2 is 1.70 bits per heavy atom. The van der Waals surface area contributed by atoms with Gasteiger partial charge in [0.1, 0.15) is 0 Å². The highest BCUT2D eigenvalue weighted by atomic mass is 19.3. The number of halogens is 2. The lowest BCUT2D eigenvalue weighted by Crippen LogP contribution is -2.14. The normalized spacial score (nSPS) is 14.7. The van der Waals surface area contributed by atoms with Crippen LogP contribution in [0.15, 0.2) is 0 Å². The van der Waals surface area contributed by atoms with Crippen LogP contribution in [-0.2, 0) is 4.74 Å². The lowest BCUT2D eigenvalue weighted by Gasteiger charge is -2.14. The van der Waals surface area contributed by atoms with E-state index >= 15 is 0 Å². The zero-order valence-corrected chi connectivity index (χ0v) is 6.60. The molecule has 0 aliphatic carbocycles. The molecular weight excluding hydrogens is 138 g/mol. The third-order valence-electron chi connectivity index (χ3n) is 1.62. The number of hydrogen-bond acceptors (Lipinski definition) is 1. The van der Waals surface area contributed by atoms with Gasteiger partial charge in [-0.2, -0.15) is 8.78 Å². The maximum Gasteiger partial charge on any atom is 0.345 e. The van der Waals surface area contributed by atoms with Gasteiger partial charge in [-0.05, 0) is 11.8 Å². The first-order chi connectivity index (χ1) is 4.54. The standard InChI is InChI=1S/C7H14F2O/c1-5(2)6(3)4-10-7(8)9/h5-7H,4H2,1-3H3/t6-/m0/s1. The van der Waals surface area contributed by atoms with Gasteiger partial charge in [-0.25, -0.2) is 0 Å². The summed E-state index contributed by atoms with van der Waals surface area (Å²) in [4.78, 5) is 0. The number of ether oxygens (including phenoxy) is 1. The maximum atomic E-state index is 11.4. The summed E-state index contributed by atoms with van der Waals surface area (Å²) in [5, 5.41) is 0. The fourth-order valence-corrected chi connectivity index (χ4v) is 0.417. The Morgan fingerprint density at radius 3 is 2.00 bits per heavy atom. The van der Waals surface area contributed by atoms with E-state index in [1.54, 1.807) is 0 Å². The average molecular weight is 152 g/mol. The Bertz CT molecular complexity index is 83.7. The van der Waals surface area contributed by atoms with Crippen molar-refractivity contribution in [3.8, 4) is 0 Å². The summed E-state index contributed by atoms with van der Waals surface area (Å²) in [6.45, 7) is 3.39. The second kappa shape index (κ2) is 4.61. The third-order valence-corrected chi connectivity index (χ3v) is 1.62. The Morgan fingerprint density at radius 1 is 1.20 bits per heavy atom. The van der Waals surface area contributed by atoms with Gasteiger partial charge in [-0.15, -0.1) is 0 Å². The van der Waals surface area contributed by atoms with Gasteiger partial charge in [-0.1, -0.05) is 20.8 Å². The highest BCUT2D eigenvalue weighted by Gasteiger charge is 2.09. The molecule has 10 heavy (non-hydrogen) atoms. The van der Waals surface area contributed by atoms with Gasteiger partial charge in [0.15, 0.2) is 0 Å². The predicted octanol–water partition coefficient (Wildman–Crippen LogP) is 2.52. The third kappa shape index (κ3) is 4.68. The Balaban J connectivity index is 3.30. The van der Waals surface area contributed by atoms with E-state index in [-0.39, 0.29) is 12.5 Å². The summed E-state index contributed by atoms with van der Waals surface area (Å²) in [7, 11) is 0. The molecule has 0 aromatic heterocycles. The predicted molar refractivity (Wildman–Crippen MR) is 36.0 cm³/mol. The van der Waals surface area contributed by atoms with Crippen molar-refractivity contribution < 1.29 is 13.5 Å². The SMILES string of the molecule is CC(C)[C@@H](C)COC(F)F. The van der Waals surface area contributed by atoms with E-state index in [2.05, 4.69) is 4.74 Å². The second-order valence-corrected chi connectivity index (χ2v) is 2.82. The van der Waals surface area contributed by atoms with E-state index in [0.29, 0.717) is 5.92 Å². The summed E-state index contributed by atoms with van der Waals surface area (Å²) >= 11 is 0. The van der Waals surface area contributed by atoms with Gasteiger partial charge in [0, 0.05) is 0 Å². The van der Waals surface area contributed by atoms with Crippen molar-refractivity contribution in [2.24, 2.45) is 11.8 Å². The first-order valence-electron chi connectivity index (χ1n) is 3.43. The summed E-state index contributed by atoms with van der Waals surface area (Å²) in [5.41, 5.74) is 0. The molecule has 0 aliphatic heterocycles. The van der Waals surface area contributed by atoms with Gasteiger partial charge in [0.2, 0.25) is 0 Å². The maximum absolute atomic E-state index is 11.4. The quantitative estimate of drug-likeness (QED) is 0.601. The van der Waals surface area contributed by atoms with Crippen molar-refractivity contribution in [2.75, 3.05) is 6.61 Å². The van der Waals surface area contributed by atoms with Crippen molar-refractivity contribution in [3.05, 3.63) is 0 Å². The molecule has 0 aromatic carbocycles. The molecule has 0 rings (SSSR count). The van der Waals surface area contributed by atoms with E-state index in [1.165, 1.54) is 0 Å². The van der Waals surface area contributed by atoms with E-state index < -0.39 is 6.61 Å². The van der Waals surface area contributed by atoms with Crippen LogP contribution in [-0.4, -0.2) is 13.2 Å². The van der Waals surface area contributed by atoms with Crippen LogP contribution in [0.4, 0.5) is 8.78 Å². The lowest BCUT2D eigenvalue weighted by atomic mass is 10.00. The van der Waals surface area contributed by atoms with Crippen LogP contribution in [0.3, 0.4) is 0 Å². The lowest BCUT2D eigenvalue weighted by molar-refractivity contribution is -0.139. The topological polar surface area (TPSA) is 9.23 Å². The van der Waals surface area contributed by atoms with Crippen LogP contribution in [0.5, 0.6) is 0 Å². The molecule has 3 heteroatoms. The first kappa shape index (κ1) is 9.82. The molecule has 0 unspecified atom stereocenters. The zero-order valence-electron chi connectivity index (χ0n) is 6.60. The minimum absolute atomic E-state index is 0.148.